The van der Waals surface area contributed by atoms with E-state index in [-0.39, 0.29) is 0 Å². The molecule has 0 radical (unpaired) electrons. The average molecular weight is 285 g/mol. The van der Waals surface area contributed by atoms with Crippen molar-refractivity contribution in [3.8, 4) is 5.88 Å². The minimum absolute atomic E-state index is 0.583. The number of hydrogen-bond donors (Lipinski definition) is 1. The summed E-state index contributed by atoms with van der Waals surface area (Å²) in [5.41, 5.74) is 3.54. The van der Waals surface area contributed by atoms with Crippen LogP contribution in [-0.2, 0) is 20.1 Å². The third-order valence-corrected chi connectivity index (χ3v) is 3.79. The maximum absolute atomic E-state index is 5.79. The summed E-state index contributed by atoms with van der Waals surface area (Å²) in [5.74, 6) is 0.810. The highest BCUT2D eigenvalue weighted by Gasteiger charge is 2.19. The molecule has 0 unspecified atom stereocenters. The predicted molar refractivity (Wildman–Crippen MR) is 83.4 cm³/mol. The van der Waals surface area contributed by atoms with E-state index in [1.807, 2.05) is 20.0 Å². The standard InChI is InChI=1S/C17H23N3O/c1-13-11-17(20(2)19-13)21-12-15-5-3-14(4-6-15)9-10-18-16-7-8-16/h3-6,11,16,18H,7-10,12H2,1-2H3. The molecule has 0 amide bonds. The van der Waals surface area contributed by atoms with Gasteiger partial charge in [0.15, 0.2) is 0 Å². The number of benzene rings is 1. The summed E-state index contributed by atoms with van der Waals surface area (Å²) in [7, 11) is 1.90. The lowest BCUT2D eigenvalue weighted by Crippen LogP contribution is -2.19. The Bertz CT molecular complexity index is 585. The van der Waals surface area contributed by atoms with Crippen LogP contribution in [0.5, 0.6) is 5.88 Å². The molecule has 1 saturated carbocycles. The Balaban J connectivity index is 1.48. The first kappa shape index (κ1) is 14.1. The van der Waals surface area contributed by atoms with Gasteiger partial charge in [-0.25, -0.2) is 4.68 Å². The maximum Gasteiger partial charge on any atom is 0.212 e. The molecule has 4 nitrogen and oxygen atoms in total. The Labute approximate surface area is 126 Å². The van der Waals surface area contributed by atoms with Crippen LogP contribution in [0.1, 0.15) is 29.7 Å². The highest BCUT2D eigenvalue weighted by molar-refractivity contribution is 5.23. The molecule has 0 saturated heterocycles. The molecule has 2 aromatic rings. The van der Waals surface area contributed by atoms with Crippen LogP contribution in [0.25, 0.3) is 0 Å². The van der Waals surface area contributed by atoms with Crippen molar-refractivity contribution < 1.29 is 4.74 Å². The quantitative estimate of drug-likeness (QED) is 0.850. The maximum atomic E-state index is 5.79. The zero-order valence-electron chi connectivity index (χ0n) is 12.8. The van der Waals surface area contributed by atoms with Crippen LogP contribution in [-0.4, -0.2) is 22.4 Å². The van der Waals surface area contributed by atoms with E-state index in [4.69, 9.17) is 4.74 Å². The van der Waals surface area contributed by atoms with Crippen molar-refractivity contribution >= 4 is 0 Å². The minimum Gasteiger partial charge on any atom is -0.473 e. The number of aryl methyl sites for hydroxylation is 2. The van der Waals surface area contributed by atoms with Gasteiger partial charge in [-0.15, -0.1) is 0 Å². The highest BCUT2D eigenvalue weighted by Crippen LogP contribution is 2.18. The molecule has 0 bridgehead atoms. The van der Waals surface area contributed by atoms with Gasteiger partial charge in [-0.1, -0.05) is 24.3 Å². The van der Waals surface area contributed by atoms with Crippen LogP contribution in [0.15, 0.2) is 30.3 Å². The SMILES string of the molecule is Cc1cc(OCc2ccc(CCNC3CC3)cc2)n(C)n1. The minimum atomic E-state index is 0.583. The highest BCUT2D eigenvalue weighted by atomic mass is 16.5. The molecule has 21 heavy (non-hydrogen) atoms. The molecule has 3 rings (SSSR count). The second-order valence-electron chi connectivity index (χ2n) is 5.83. The molecule has 1 fully saturated rings. The van der Waals surface area contributed by atoms with E-state index in [1.54, 1.807) is 4.68 Å². The van der Waals surface area contributed by atoms with Gasteiger partial charge in [-0.2, -0.15) is 5.10 Å². The molecule has 112 valence electrons. The summed E-state index contributed by atoms with van der Waals surface area (Å²) in [6.45, 7) is 3.63. The molecule has 4 heteroatoms. The van der Waals surface area contributed by atoms with E-state index in [2.05, 4.69) is 34.7 Å². The second kappa shape index (κ2) is 6.31. The lowest BCUT2D eigenvalue weighted by Gasteiger charge is -2.07. The summed E-state index contributed by atoms with van der Waals surface area (Å²) in [6, 6.07) is 11.4. The van der Waals surface area contributed by atoms with Crippen molar-refractivity contribution in [1.82, 2.24) is 15.1 Å². The van der Waals surface area contributed by atoms with Crippen LogP contribution < -0.4 is 10.1 Å². The van der Waals surface area contributed by atoms with Gasteiger partial charge in [-0.05, 0) is 43.9 Å². The van der Waals surface area contributed by atoms with Crippen LogP contribution in [0.2, 0.25) is 0 Å². The summed E-state index contributed by atoms with van der Waals surface area (Å²) < 4.78 is 7.56. The molecular formula is C17H23N3O. The fourth-order valence-corrected chi connectivity index (χ4v) is 2.39. The molecule has 1 aromatic carbocycles. The van der Waals surface area contributed by atoms with E-state index >= 15 is 0 Å². The fraction of sp³-hybridized carbons (Fsp3) is 0.471. The van der Waals surface area contributed by atoms with E-state index in [0.29, 0.717) is 6.61 Å². The van der Waals surface area contributed by atoms with Crippen molar-refractivity contribution in [2.45, 2.75) is 38.8 Å². The van der Waals surface area contributed by atoms with E-state index in [1.165, 1.54) is 24.0 Å². The molecule has 1 aromatic heterocycles. The fourth-order valence-electron chi connectivity index (χ4n) is 2.39. The van der Waals surface area contributed by atoms with Gasteiger partial charge in [0.05, 0.1) is 5.69 Å². The van der Waals surface area contributed by atoms with E-state index < -0.39 is 0 Å². The van der Waals surface area contributed by atoms with E-state index in [9.17, 15) is 0 Å². The normalized spacial score (nSPS) is 14.4. The molecule has 0 atom stereocenters. The summed E-state index contributed by atoms with van der Waals surface area (Å²) in [6.07, 6.45) is 3.80. The molecule has 1 aliphatic carbocycles. The van der Waals surface area contributed by atoms with Crippen molar-refractivity contribution in [2.24, 2.45) is 7.05 Å². The summed E-state index contributed by atoms with van der Waals surface area (Å²) in [5, 5.41) is 7.82. The zero-order chi connectivity index (χ0) is 14.7. The topological polar surface area (TPSA) is 39.1 Å². The molecule has 0 spiro atoms. The van der Waals surface area contributed by atoms with Gasteiger partial charge in [0, 0.05) is 19.2 Å². The van der Waals surface area contributed by atoms with E-state index in [0.717, 1.165) is 30.6 Å². The first-order chi connectivity index (χ1) is 10.2. The van der Waals surface area contributed by atoms with Crippen molar-refractivity contribution in [1.29, 1.82) is 0 Å². The predicted octanol–water partition coefficient (Wildman–Crippen LogP) is 2.60. The van der Waals surface area contributed by atoms with Crippen LogP contribution in [0, 0.1) is 6.92 Å². The average Bonchev–Trinajstić information content (AvgIpc) is 3.23. The first-order valence-electron chi connectivity index (χ1n) is 7.65. The van der Waals surface area contributed by atoms with Crippen molar-refractivity contribution in [2.75, 3.05) is 6.54 Å². The largest absolute Gasteiger partial charge is 0.473 e. The monoisotopic (exact) mass is 285 g/mol. The van der Waals surface area contributed by atoms with Gasteiger partial charge in [-0.3, -0.25) is 0 Å². The zero-order valence-corrected chi connectivity index (χ0v) is 12.8. The smallest absolute Gasteiger partial charge is 0.212 e. The van der Waals surface area contributed by atoms with Crippen LogP contribution in [0.4, 0.5) is 0 Å². The second-order valence-corrected chi connectivity index (χ2v) is 5.83. The summed E-state index contributed by atoms with van der Waals surface area (Å²) in [4.78, 5) is 0. The Morgan fingerprint density at radius 2 is 1.95 bits per heavy atom. The number of aromatic nitrogens is 2. The van der Waals surface area contributed by atoms with Gasteiger partial charge in [0.25, 0.3) is 0 Å². The number of nitrogens with one attached hydrogen (secondary N) is 1. The van der Waals surface area contributed by atoms with Crippen molar-refractivity contribution in [3.63, 3.8) is 0 Å². The van der Waals surface area contributed by atoms with Gasteiger partial charge >= 0.3 is 0 Å². The number of hydrogen-bond acceptors (Lipinski definition) is 3. The third-order valence-electron chi connectivity index (χ3n) is 3.79. The summed E-state index contributed by atoms with van der Waals surface area (Å²) >= 11 is 0. The van der Waals surface area contributed by atoms with Crippen LogP contribution >= 0.6 is 0 Å². The Kier molecular flexibility index (Phi) is 4.25. The molecule has 1 aliphatic rings. The molecule has 1 N–H and O–H groups in total. The Morgan fingerprint density at radius 3 is 2.57 bits per heavy atom. The molecular weight excluding hydrogens is 262 g/mol. The van der Waals surface area contributed by atoms with Gasteiger partial charge in [0.2, 0.25) is 5.88 Å². The Hall–Kier alpha value is -1.81. The Morgan fingerprint density at radius 1 is 1.24 bits per heavy atom. The number of ether oxygens (including phenoxy) is 1. The van der Waals surface area contributed by atoms with Gasteiger partial charge < -0.3 is 10.1 Å². The van der Waals surface area contributed by atoms with Gasteiger partial charge in [0.1, 0.15) is 6.61 Å². The lowest BCUT2D eigenvalue weighted by atomic mass is 10.1. The van der Waals surface area contributed by atoms with Crippen LogP contribution in [0.3, 0.4) is 0 Å². The first-order valence-corrected chi connectivity index (χ1v) is 7.65. The van der Waals surface area contributed by atoms with Crippen molar-refractivity contribution in [3.05, 3.63) is 47.2 Å². The number of nitrogens with zero attached hydrogens (tertiary/aromatic N) is 2. The lowest BCUT2D eigenvalue weighted by molar-refractivity contribution is 0.279. The molecule has 0 aliphatic heterocycles. The molecule has 1 heterocycles. The number of rotatable bonds is 7. The third kappa shape index (κ3) is 4.08.